The number of nitrogens with zero attached hydrogens (tertiary/aromatic N) is 2. The maximum atomic E-state index is 14.2. The largest absolute Gasteiger partial charge is 0.492 e. The first-order chi connectivity index (χ1) is 18.8. The molecule has 0 spiro atoms. The fourth-order valence-corrected chi connectivity index (χ4v) is 4.15. The Morgan fingerprint density at radius 3 is 1.25 bits per heavy atom. The number of carbonyl (C=O) groups is 4. The van der Waals surface area contributed by atoms with Gasteiger partial charge in [0.05, 0.1) is 49.6 Å². The van der Waals surface area contributed by atoms with Crippen molar-refractivity contribution >= 4 is 35.1 Å². The lowest BCUT2D eigenvalue weighted by atomic mass is 9.91. The summed E-state index contributed by atoms with van der Waals surface area (Å²) in [7, 11) is 2.52. The normalized spacial score (nSPS) is 11.3. The number of methoxy groups -OCH3 is 2. The van der Waals surface area contributed by atoms with Gasteiger partial charge in [0.2, 0.25) is 0 Å². The highest BCUT2D eigenvalue weighted by Crippen LogP contribution is 2.35. The minimum atomic E-state index is -1.18. The molecule has 0 atom stereocenters. The van der Waals surface area contributed by atoms with Crippen LogP contribution in [0.15, 0.2) is 48.5 Å². The summed E-state index contributed by atoms with van der Waals surface area (Å²) in [5.41, 5.74) is -1.73. The quantitative estimate of drug-likeness (QED) is 0.282. The number of para-hydroxylation sites is 4. The second kappa shape index (κ2) is 13.8. The molecule has 0 radical (unpaired) electrons. The number of rotatable bonds is 12. The first kappa shape index (κ1) is 32.1. The predicted octanol–water partition coefficient (Wildman–Crippen LogP) is 4.25. The standard InChI is InChI=1S/C30H40N2O8/c1-9-39-23-17-13-11-15-21(23)31(19-29(3,4)27(35)37-7)25(33)26(34)32(20-30(5,6)28(36)38-8)22-16-12-14-18-24(22)40-10-2/h11-18H,9-10,19-20H2,1-8H3. The van der Waals surface area contributed by atoms with Crippen LogP contribution in [0.1, 0.15) is 41.5 Å². The summed E-state index contributed by atoms with van der Waals surface area (Å²) in [6, 6.07) is 13.5. The average Bonchev–Trinajstić information content (AvgIpc) is 2.94. The van der Waals surface area contributed by atoms with Crippen LogP contribution in [0.3, 0.4) is 0 Å². The highest BCUT2D eigenvalue weighted by molar-refractivity contribution is 6.45. The van der Waals surface area contributed by atoms with Crippen LogP contribution >= 0.6 is 0 Å². The summed E-state index contributed by atoms with van der Waals surface area (Å²) in [5.74, 6) is -2.26. The summed E-state index contributed by atoms with van der Waals surface area (Å²) in [6.07, 6.45) is 0. The van der Waals surface area contributed by atoms with Gasteiger partial charge < -0.3 is 18.9 Å². The molecule has 0 fully saturated rings. The number of benzene rings is 2. The second-order valence-electron chi connectivity index (χ2n) is 10.3. The smallest absolute Gasteiger partial charge is 0.317 e. The van der Waals surface area contributed by atoms with E-state index in [1.54, 1.807) is 90.1 Å². The van der Waals surface area contributed by atoms with E-state index in [4.69, 9.17) is 18.9 Å². The SMILES string of the molecule is CCOc1ccccc1N(CC(C)(C)C(=O)OC)C(=O)C(=O)N(CC(C)(C)C(=O)OC)c1ccccc1OCC. The minimum Gasteiger partial charge on any atom is -0.492 e. The molecule has 0 saturated carbocycles. The van der Waals surface area contributed by atoms with E-state index in [0.717, 1.165) is 0 Å². The van der Waals surface area contributed by atoms with Gasteiger partial charge in [-0.05, 0) is 65.8 Å². The third-order valence-electron chi connectivity index (χ3n) is 6.17. The van der Waals surface area contributed by atoms with E-state index in [0.29, 0.717) is 36.1 Å². The number of hydrogen-bond donors (Lipinski definition) is 0. The lowest BCUT2D eigenvalue weighted by molar-refractivity contribution is -0.151. The van der Waals surface area contributed by atoms with Crippen LogP contribution in [-0.4, -0.2) is 64.3 Å². The van der Waals surface area contributed by atoms with E-state index in [1.165, 1.54) is 24.0 Å². The first-order valence-electron chi connectivity index (χ1n) is 13.1. The Hall–Kier alpha value is -4.08. The molecular formula is C30H40N2O8. The van der Waals surface area contributed by atoms with Gasteiger partial charge in [0.1, 0.15) is 11.5 Å². The van der Waals surface area contributed by atoms with Crippen molar-refractivity contribution in [2.45, 2.75) is 41.5 Å². The maximum absolute atomic E-state index is 14.2. The molecule has 2 aromatic rings. The third-order valence-corrected chi connectivity index (χ3v) is 6.17. The van der Waals surface area contributed by atoms with E-state index in [-0.39, 0.29) is 13.1 Å². The Bertz CT molecular complexity index is 1110. The van der Waals surface area contributed by atoms with Crippen molar-refractivity contribution in [2.75, 3.05) is 50.3 Å². The van der Waals surface area contributed by atoms with Gasteiger partial charge in [0.25, 0.3) is 0 Å². The van der Waals surface area contributed by atoms with Crippen molar-refractivity contribution < 1.29 is 38.1 Å². The van der Waals surface area contributed by atoms with E-state index in [9.17, 15) is 19.2 Å². The van der Waals surface area contributed by atoms with Gasteiger partial charge >= 0.3 is 23.8 Å². The molecule has 0 bridgehead atoms. The van der Waals surface area contributed by atoms with Gasteiger partial charge in [-0.15, -0.1) is 0 Å². The molecule has 0 heterocycles. The van der Waals surface area contributed by atoms with Gasteiger partial charge in [-0.25, -0.2) is 0 Å². The van der Waals surface area contributed by atoms with Gasteiger partial charge in [-0.2, -0.15) is 0 Å². The predicted molar refractivity (Wildman–Crippen MR) is 152 cm³/mol. The van der Waals surface area contributed by atoms with E-state index >= 15 is 0 Å². The zero-order chi connectivity index (χ0) is 30.1. The van der Waals surface area contributed by atoms with Crippen LogP contribution in [-0.2, 0) is 28.7 Å². The zero-order valence-corrected chi connectivity index (χ0v) is 24.6. The van der Waals surface area contributed by atoms with Crippen LogP contribution in [0.25, 0.3) is 0 Å². The molecular weight excluding hydrogens is 516 g/mol. The Labute approximate surface area is 236 Å². The summed E-state index contributed by atoms with van der Waals surface area (Å²) in [5, 5.41) is 0. The fraction of sp³-hybridized carbons (Fsp3) is 0.467. The fourth-order valence-electron chi connectivity index (χ4n) is 4.15. The monoisotopic (exact) mass is 556 g/mol. The zero-order valence-electron chi connectivity index (χ0n) is 24.6. The average molecular weight is 557 g/mol. The van der Waals surface area contributed by atoms with Crippen molar-refractivity contribution in [2.24, 2.45) is 10.8 Å². The third kappa shape index (κ3) is 7.52. The van der Waals surface area contributed by atoms with Crippen LogP contribution in [0.4, 0.5) is 11.4 Å². The van der Waals surface area contributed by atoms with Crippen molar-refractivity contribution in [1.29, 1.82) is 0 Å². The van der Waals surface area contributed by atoms with Gasteiger partial charge in [-0.1, -0.05) is 24.3 Å². The number of carbonyl (C=O) groups excluding carboxylic acids is 4. The molecule has 0 aliphatic heterocycles. The van der Waals surface area contributed by atoms with Crippen molar-refractivity contribution in [3.05, 3.63) is 48.5 Å². The molecule has 2 amide bonds. The van der Waals surface area contributed by atoms with Crippen LogP contribution in [0, 0.1) is 10.8 Å². The molecule has 0 aliphatic carbocycles. The Morgan fingerprint density at radius 1 is 0.625 bits per heavy atom. The number of ether oxygens (including phenoxy) is 4. The number of anilines is 2. The summed E-state index contributed by atoms with van der Waals surface area (Å²) < 4.78 is 21.4. The Kier molecular flexibility index (Phi) is 11.1. The van der Waals surface area contributed by atoms with Crippen molar-refractivity contribution in [3.63, 3.8) is 0 Å². The van der Waals surface area contributed by atoms with Crippen molar-refractivity contribution in [3.8, 4) is 11.5 Å². The highest BCUT2D eigenvalue weighted by Gasteiger charge is 2.41. The van der Waals surface area contributed by atoms with E-state index in [1.807, 2.05) is 0 Å². The number of amides is 2. The van der Waals surface area contributed by atoms with Crippen LogP contribution in [0.5, 0.6) is 11.5 Å². The molecule has 0 aromatic heterocycles. The molecule has 218 valence electrons. The highest BCUT2D eigenvalue weighted by atomic mass is 16.5. The minimum absolute atomic E-state index is 0.185. The topological polar surface area (TPSA) is 112 Å². The molecule has 10 nitrogen and oxygen atoms in total. The number of esters is 2. The molecule has 10 heteroatoms. The van der Waals surface area contributed by atoms with Crippen LogP contribution < -0.4 is 19.3 Å². The molecule has 0 saturated heterocycles. The summed E-state index contributed by atoms with van der Waals surface area (Å²) >= 11 is 0. The molecule has 40 heavy (non-hydrogen) atoms. The summed E-state index contributed by atoms with van der Waals surface area (Å²) in [4.78, 5) is 56.0. The van der Waals surface area contributed by atoms with E-state index < -0.39 is 34.6 Å². The first-order valence-corrected chi connectivity index (χ1v) is 13.1. The molecule has 2 aromatic carbocycles. The molecule has 0 aliphatic rings. The molecule has 2 rings (SSSR count). The number of hydrogen-bond acceptors (Lipinski definition) is 8. The summed E-state index contributed by atoms with van der Waals surface area (Å²) in [6.45, 7) is 10.3. The van der Waals surface area contributed by atoms with E-state index in [2.05, 4.69) is 0 Å². The van der Waals surface area contributed by atoms with Crippen molar-refractivity contribution in [1.82, 2.24) is 0 Å². The second-order valence-corrected chi connectivity index (χ2v) is 10.3. The Morgan fingerprint density at radius 2 is 0.950 bits per heavy atom. The Balaban J connectivity index is 2.71. The molecule has 0 unspecified atom stereocenters. The van der Waals surface area contributed by atoms with Crippen LogP contribution in [0.2, 0.25) is 0 Å². The maximum Gasteiger partial charge on any atom is 0.317 e. The molecule has 0 N–H and O–H groups in total. The lowest BCUT2D eigenvalue weighted by Gasteiger charge is -2.35. The van der Waals surface area contributed by atoms with Gasteiger partial charge in [-0.3, -0.25) is 29.0 Å². The van der Waals surface area contributed by atoms with Gasteiger partial charge in [0, 0.05) is 13.1 Å². The lowest BCUT2D eigenvalue weighted by Crippen LogP contribution is -2.52. The van der Waals surface area contributed by atoms with Gasteiger partial charge in [0.15, 0.2) is 0 Å².